The van der Waals surface area contributed by atoms with Crippen LogP contribution in [0.5, 0.6) is 0 Å². The molecule has 1 nitrogen and oxygen atoms in total. The fourth-order valence-corrected chi connectivity index (χ4v) is 1.97. The molecule has 0 bridgehead atoms. The largest absolute Gasteiger partial charge is 0.494 e. The molecule has 80 valence electrons. The van der Waals surface area contributed by atoms with Crippen LogP contribution in [0.3, 0.4) is 0 Å². The molecule has 1 aromatic rings. The molecule has 0 amide bonds. The molecule has 0 N–H and O–H groups in total. The molecule has 0 aromatic heterocycles. The van der Waals surface area contributed by atoms with Crippen LogP contribution in [0.25, 0.3) is 0 Å². The number of ether oxygens (including phenoxy) is 1. The maximum atomic E-state index is 5.77. The predicted octanol–water partition coefficient (Wildman–Crippen LogP) is 4.22. The Hall–Kier alpha value is -1.24. The molecule has 0 saturated heterocycles. The summed E-state index contributed by atoms with van der Waals surface area (Å²) in [6.07, 6.45) is 10.4. The third-order valence-electron chi connectivity index (χ3n) is 2.85. The Balaban J connectivity index is 2.05. The molecule has 0 spiro atoms. The molecule has 1 aliphatic rings. The highest BCUT2D eigenvalue weighted by molar-refractivity contribution is 5.17. The Labute approximate surface area is 91.8 Å². The lowest BCUT2D eigenvalue weighted by Crippen LogP contribution is -2.00. The highest BCUT2D eigenvalue weighted by Crippen LogP contribution is 2.25. The summed E-state index contributed by atoms with van der Waals surface area (Å²) in [7, 11) is 0. The van der Waals surface area contributed by atoms with Crippen LogP contribution < -0.4 is 0 Å². The minimum Gasteiger partial charge on any atom is -0.494 e. The van der Waals surface area contributed by atoms with E-state index in [1.165, 1.54) is 24.8 Å². The van der Waals surface area contributed by atoms with E-state index in [9.17, 15) is 0 Å². The standard InChI is InChI=1S/C14H18O/c1-2-7-11-14(15-12-8-3-1)13-9-5-4-6-10-13/h4-6,8-10,12,14H,1-3,7,11H2. The molecular formula is C14H18O. The van der Waals surface area contributed by atoms with E-state index in [1.54, 1.807) is 0 Å². The van der Waals surface area contributed by atoms with Gasteiger partial charge in [0, 0.05) is 0 Å². The molecule has 1 heterocycles. The first-order valence-corrected chi connectivity index (χ1v) is 5.82. The first-order chi connectivity index (χ1) is 7.47. The molecule has 0 aliphatic carbocycles. The van der Waals surface area contributed by atoms with E-state index in [1.807, 2.05) is 6.26 Å². The van der Waals surface area contributed by atoms with Crippen molar-refractivity contribution in [2.75, 3.05) is 0 Å². The van der Waals surface area contributed by atoms with Gasteiger partial charge in [0.15, 0.2) is 0 Å². The lowest BCUT2D eigenvalue weighted by molar-refractivity contribution is 0.135. The summed E-state index contributed by atoms with van der Waals surface area (Å²) in [6.45, 7) is 0. The van der Waals surface area contributed by atoms with Gasteiger partial charge >= 0.3 is 0 Å². The second-order valence-electron chi connectivity index (χ2n) is 4.05. The van der Waals surface area contributed by atoms with E-state index < -0.39 is 0 Å². The molecule has 15 heavy (non-hydrogen) atoms. The Morgan fingerprint density at radius 3 is 2.73 bits per heavy atom. The first-order valence-electron chi connectivity index (χ1n) is 5.82. The number of benzene rings is 1. The highest BCUT2D eigenvalue weighted by Gasteiger charge is 2.11. The maximum absolute atomic E-state index is 5.77. The van der Waals surface area contributed by atoms with Crippen LogP contribution in [0.4, 0.5) is 0 Å². The van der Waals surface area contributed by atoms with E-state index in [2.05, 4.69) is 36.4 Å². The third-order valence-corrected chi connectivity index (χ3v) is 2.85. The van der Waals surface area contributed by atoms with Crippen molar-refractivity contribution < 1.29 is 4.74 Å². The topological polar surface area (TPSA) is 9.23 Å². The lowest BCUT2D eigenvalue weighted by atomic mass is 10.0. The Morgan fingerprint density at radius 2 is 1.87 bits per heavy atom. The minimum absolute atomic E-state index is 0.251. The fourth-order valence-electron chi connectivity index (χ4n) is 1.97. The van der Waals surface area contributed by atoms with Gasteiger partial charge in [-0.2, -0.15) is 0 Å². The van der Waals surface area contributed by atoms with Crippen LogP contribution in [0.2, 0.25) is 0 Å². The maximum Gasteiger partial charge on any atom is 0.123 e. The normalized spacial score (nSPS) is 22.3. The summed E-state index contributed by atoms with van der Waals surface area (Å²) < 4.78 is 5.77. The van der Waals surface area contributed by atoms with E-state index in [4.69, 9.17) is 4.74 Å². The molecule has 0 fully saturated rings. The van der Waals surface area contributed by atoms with Gasteiger partial charge in [-0.05, 0) is 37.3 Å². The third kappa shape index (κ3) is 3.12. The Bertz CT molecular complexity index is 302. The molecule has 1 aromatic carbocycles. The molecule has 1 unspecified atom stereocenters. The smallest absolute Gasteiger partial charge is 0.123 e. The summed E-state index contributed by atoms with van der Waals surface area (Å²) >= 11 is 0. The van der Waals surface area contributed by atoms with Crippen molar-refractivity contribution in [3.8, 4) is 0 Å². The Morgan fingerprint density at radius 1 is 1.00 bits per heavy atom. The second-order valence-corrected chi connectivity index (χ2v) is 4.05. The fraction of sp³-hybridized carbons (Fsp3) is 0.429. The van der Waals surface area contributed by atoms with Crippen LogP contribution in [0, 0.1) is 0 Å². The van der Waals surface area contributed by atoms with Crippen molar-refractivity contribution in [3.05, 3.63) is 48.2 Å². The second kappa shape index (κ2) is 5.59. The van der Waals surface area contributed by atoms with Gasteiger partial charge < -0.3 is 4.74 Å². The van der Waals surface area contributed by atoms with E-state index in [0.29, 0.717) is 0 Å². The van der Waals surface area contributed by atoms with Crippen molar-refractivity contribution in [2.24, 2.45) is 0 Å². The number of allylic oxidation sites excluding steroid dienone is 1. The van der Waals surface area contributed by atoms with E-state index >= 15 is 0 Å². The van der Waals surface area contributed by atoms with Gasteiger partial charge in [0.1, 0.15) is 6.10 Å². The van der Waals surface area contributed by atoms with Crippen molar-refractivity contribution in [1.82, 2.24) is 0 Å². The van der Waals surface area contributed by atoms with Crippen LogP contribution in [0.15, 0.2) is 42.7 Å². The van der Waals surface area contributed by atoms with Crippen molar-refractivity contribution in [3.63, 3.8) is 0 Å². The summed E-state index contributed by atoms with van der Waals surface area (Å²) in [4.78, 5) is 0. The molecule has 0 saturated carbocycles. The molecule has 1 atom stereocenters. The van der Waals surface area contributed by atoms with E-state index in [-0.39, 0.29) is 6.10 Å². The minimum atomic E-state index is 0.251. The van der Waals surface area contributed by atoms with Crippen LogP contribution in [0.1, 0.15) is 43.8 Å². The number of rotatable bonds is 1. The van der Waals surface area contributed by atoms with Gasteiger partial charge in [0.05, 0.1) is 6.26 Å². The molecule has 2 rings (SSSR count). The molecular weight excluding hydrogens is 184 g/mol. The van der Waals surface area contributed by atoms with Crippen molar-refractivity contribution in [1.29, 1.82) is 0 Å². The van der Waals surface area contributed by atoms with Gasteiger partial charge in [0.25, 0.3) is 0 Å². The average molecular weight is 202 g/mol. The molecule has 1 aliphatic heterocycles. The quantitative estimate of drug-likeness (QED) is 0.662. The average Bonchev–Trinajstić information content (AvgIpc) is 2.43. The van der Waals surface area contributed by atoms with Crippen molar-refractivity contribution in [2.45, 2.75) is 38.2 Å². The van der Waals surface area contributed by atoms with E-state index in [0.717, 1.165) is 12.8 Å². The molecule has 0 radical (unpaired) electrons. The number of hydrogen-bond acceptors (Lipinski definition) is 1. The summed E-state index contributed by atoms with van der Waals surface area (Å²) in [5.41, 5.74) is 1.30. The highest BCUT2D eigenvalue weighted by atomic mass is 16.5. The zero-order valence-electron chi connectivity index (χ0n) is 9.06. The SMILES string of the molecule is C1=COC(c2ccccc2)CCCCC1. The van der Waals surface area contributed by atoms with Crippen LogP contribution in [-0.4, -0.2) is 0 Å². The van der Waals surface area contributed by atoms with Crippen molar-refractivity contribution >= 4 is 0 Å². The summed E-state index contributed by atoms with van der Waals surface area (Å²) in [5, 5.41) is 0. The van der Waals surface area contributed by atoms with Gasteiger partial charge in [-0.25, -0.2) is 0 Å². The van der Waals surface area contributed by atoms with Crippen LogP contribution >= 0.6 is 0 Å². The molecule has 1 heteroatoms. The van der Waals surface area contributed by atoms with Gasteiger partial charge in [0.2, 0.25) is 0 Å². The number of hydrogen-bond donors (Lipinski definition) is 0. The summed E-state index contributed by atoms with van der Waals surface area (Å²) in [6, 6.07) is 10.5. The first kappa shape index (κ1) is 10.3. The zero-order valence-corrected chi connectivity index (χ0v) is 9.06. The Kier molecular flexibility index (Phi) is 3.84. The monoisotopic (exact) mass is 202 g/mol. The predicted molar refractivity (Wildman–Crippen MR) is 62.5 cm³/mol. The summed E-state index contributed by atoms with van der Waals surface area (Å²) in [5.74, 6) is 0. The van der Waals surface area contributed by atoms with Gasteiger partial charge in [-0.3, -0.25) is 0 Å². The van der Waals surface area contributed by atoms with Gasteiger partial charge in [-0.1, -0.05) is 36.8 Å². The van der Waals surface area contributed by atoms with Gasteiger partial charge in [-0.15, -0.1) is 0 Å². The lowest BCUT2D eigenvalue weighted by Gasteiger charge is -2.16. The van der Waals surface area contributed by atoms with Crippen LogP contribution in [-0.2, 0) is 4.74 Å². The zero-order chi connectivity index (χ0) is 10.3.